The average molecular weight is 237 g/mol. The summed E-state index contributed by atoms with van der Waals surface area (Å²) in [5.41, 5.74) is 4.07. The van der Waals surface area contributed by atoms with Crippen molar-refractivity contribution >= 4 is 11.0 Å². The van der Waals surface area contributed by atoms with Crippen LogP contribution in [0.1, 0.15) is 11.5 Å². The minimum absolute atomic E-state index is 0.419. The summed E-state index contributed by atoms with van der Waals surface area (Å²) < 4.78 is 1.96. The Hall–Kier alpha value is -2.61. The molecule has 3 aromatic rings. The predicted molar refractivity (Wildman–Crippen MR) is 67.7 cm³/mol. The molecule has 0 aliphatic rings. The van der Waals surface area contributed by atoms with Crippen molar-refractivity contribution in [3.8, 4) is 17.3 Å². The smallest absolute Gasteiger partial charge is 0.166 e. The Morgan fingerprint density at radius 3 is 3.00 bits per heavy atom. The molecule has 0 unspecified atom stereocenters. The third kappa shape index (κ3) is 1.47. The molecule has 0 bridgehead atoms. The van der Waals surface area contributed by atoms with Crippen molar-refractivity contribution in [2.75, 3.05) is 0 Å². The molecule has 0 aliphatic heterocycles. The van der Waals surface area contributed by atoms with Crippen LogP contribution in [0.4, 0.5) is 0 Å². The van der Waals surface area contributed by atoms with Crippen LogP contribution in [0.2, 0.25) is 0 Å². The normalized spacial score (nSPS) is 10.7. The van der Waals surface area contributed by atoms with E-state index in [0.717, 1.165) is 28.1 Å². The van der Waals surface area contributed by atoms with E-state index in [4.69, 9.17) is 5.26 Å². The maximum absolute atomic E-state index is 9.06. The van der Waals surface area contributed by atoms with Crippen molar-refractivity contribution in [2.45, 2.75) is 6.92 Å². The van der Waals surface area contributed by atoms with Crippen molar-refractivity contribution < 1.29 is 0 Å². The van der Waals surface area contributed by atoms with E-state index in [-0.39, 0.29) is 0 Å². The number of aromatic nitrogens is 4. The van der Waals surface area contributed by atoms with E-state index in [1.807, 2.05) is 36.7 Å². The fourth-order valence-corrected chi connectivity index (χ4v) is 2.07. The van der Waals surface area contributed by atoms with Crippen LogP contribution in [-0.2, 0) is 7.05 Å². The third-order valence-electron chi connectivity index (χ3n) is 2.94. The quantitative estimate of drug-likeness (QED) is 0.704. The van der Waals surface area contributed by atoms with E-state index in [0.29, 0.717) is 5.69 Å². The molecule has 1 N–H and O–H groups in total. The number of aryl methyl sites for hydroxylation is 2. The molecule has 5 heteroatoms. The van der Waals surface area contributed by atoms with Crippen LogP contribution in [0.5, 0.6) is 0 Å². The molecule has 0 spiro atoms. The zero-order chi connectivity index (χ0) is 12.7. The molecule has 0 atom stereocenters. The molecule has 0 radical (unpaired) electrons. The molecule has 2 aromatic heterocycles. The van der Waals surface area contributed by atoms with Crippen LogP contribution in [0.3, 0.4) is 0 Å². The number of benzene rings is 1. The third-order valence-corrected chi connectivity index (χ3v) is 2.94. The van der Waals surface area contributed by atoms with E-state index in [1.54, 1.807) is 6.33 Å². The SMILES string of the molecule is Cc1nc(C#N)c(-c2ccc3c(c2)ncn3C)[nH]1. The fraction of sp³-hybridized carbons (Fsp3) is 0.154. The van der Waals surface area contributed by atoms with Gasteiger partial charge in [0.05, 0.1) is 23.1 Å². The van der Waals surface area contributed by atoms with Crippen LogP contribution in [0.25, 0.3) is 22.3 Å². The van der Waals surface area contributed by atoms with Crippen LogP contribution in [0, 0.1) is 18.3 Å². The van der Waals surface area contributed by atoms with E-state index in [9.17, 15) is 0 Å². The fourth-order valence-electron chi connectivity index (χ4n) is 2.07. The number of hydrogen-bond donors (Lipinski definition) is 1. The highest BCUT2D eigenvalue weighted by atomic mass is 15.0. The summed E-state index contributed by atoms with van der Waals surface area (Å²) in [5, 5.41) is 9.06. The molecule has 0 saturated carbocycles. The number of hydrogen-bond acceptors (Lipinski definition) is 3. The molecule has 18 heavy (non-hydrogen) atoms. The van der Waals surface area contributed by atoms with E-state index >= 15 is 0 Å². The maximum atomic E-state index is 9.06. The van der Waals surface area contributed by atoms with Gasteiger partial charge in [0.15, 0.2) is 5.69 Å². The van der Waals surface area contributed by atoms with Crippen molar-refractivity contribution in [3.05, 3.63) is 36.0 Å². The molecule has 0 amide bonds. The van der Waals surface area contributed by atoms with Crippen LogP contribution in [0.15, 0.2) is 24.5 Å². The van der Waals surface area contributed by atoms with E-state index in [2.05, 4.69) is 21.0 Å². The first-order chi connectivity index (χ1) is 8.69. The highest BCUT2D eigenvalue weighted by molar-refractivity contribution is 5.82. The summed E-state index contributed by atoms with van der Waals surface area (Å²) in [6.07, 6.45) is 1.78. The minimum Gasteiger partial charge on any atom is -0.341 e. The number of nitriles is 1. The van der Waals surface area contributed by atoms with Crippen molar-refractivity contribution in [1.82, 2.24) is 19.5 Å². The van der Waals surface area contributed by atoms with Crippen LogP contribution >= 0.6 is 0 Å². The Kier molecular flexibility index (Phi) is 2.17. The first-order valence-corrected chi connectivity index (χ1v) is 5.57. The lowest BCUT2D eigenvalue weighted by atomic mass is 10.1. The second-order valence-electron chi connectivity index (χ2n) is 4.22. The Labute approximate surface area is 104 Å². The molecule has 88 valence electrons. The molecule has 5 nitrogen and oxygen atoms in total. The number of nitrogens with zero attached hydrogens (tertiary/aromatic N) is 4. The van der Waals surface area contributed by atoms with E-state index in [1.165, 1.54) is 0 Å². The van der Waals surface area contributed by atoms with Crippen LogP contribution in [-0.4, -0.2) is 19.5 Å². The summed E-state index contributed by atoms with van der Waals surface area (Å²) in [6.45, 7) is 1.84. The van der Waals surface area contributed by atoms with Gasteiger partial charge in [0.25, 0.3) is 0 Å². The highest BCUT2D eigenvalue weighted by Gasteiger charge is 2.11. The van der Waals surface area contributed by atoms with Gasteiger partial charge >= 0.3 is 0 Å². The Morgan fingerprint density at radius 1 is 1.39 bits per heavy atom. The zero-order valence-electron chi connectivity index (χ0n) is 10.1. The molecule has 3 rings (SSSR count). The van der Waals surface area contributed by atoms with E-state index < -0.39 is 0 Å². The standard InChI is InChI=1S/C13H11N5/c1-8-16-11(6-14)13(17-8)9-3-4-12-10(5-9)15-7-18(12)2/h3-5,7H,1-2H3,(H,16,17). The predicted octanol–water partition coefficient (Wildman–Crippen LogP) is 2.14. The zero-order valence-corrected chi connectivity index (χ0v) is 10.1. The average Bonchev–Trinajstić information content (AvgIpc) is 2.93. The molecular weight excluding hydrogens is 226 g/mol. The van der Waals surface area contributed by atoms with Gasteiger partial charge in [-0.15, -0.1) is 0 Å². The minimum atomic E-state index is 0.419. The van der Waals surface area contributed by atoms with Gasteiger partial charge in [0.1, 0.15) is 11.9 Å². The highest BCUT2D eigenvalue weighted by Crippen LogP contribution is 2.24. The van der Waals surface area contributed by atoms with Crippen molar-refractivity contribution in [1.29, 1.82) is 5.26 Å². The van der Waals surface area contributed by atoms with Gasteiger partial charge in [0.2, 0.25) is 0 Å². The summed E-state index contributed by atoms with van der Waals surface area (Å²) in [6, 6.07) is 8.03. The lowest BCUT2D eigenvalue weighted by Gasteiger charge is -1.99. The lowest BCUT2D eigenvalue weighted by Crippen LogP contribution is -1.85. The summed E-state index contributed by atoms with van der Waals surface area (Å²) >= 11 is 0. The van der Waals surface area contributed by atoms with Crippen molar-refractivity contribution in [2.24, 2.45) is 7.05 Å². The first-order valence-electron chi connectivity index (χ1n) is 5.57. The monoisotopic (exact) mass is 237 g/mol. The summed E-state index contributed by atoms with van der Waals surface area (Å²) in [5.74, 6) is 0.739. The van der Waals surface area contributed by atoms with Gasteiger partial charge < -0.3 is 9.55 Å². The molecule has 0 fully saturated rings. The van der Waals surface area contributed by atoms with Gasteiger partial charge in [-0.05, 0) is 19.1 Å². The number of imidazole rings is 2. The maximum Gasteiger partial charge on any atom is 0.166 e. The second kappa shape index (κ2) is 3.70. The molecule has 2 heterocycles. The first kappa shape index (κ1) is 10.5. The molecule has 0 saturated heterocycles. The van der Waals surface area contributed by atoms with Gasteiger partial charge in [-0.25, -0.2) is 9.97 Å². The molecule has 1 aromatic carbocycles. The number of fused-ring (bicyclic) bond motifs is 1. The second-order valence-corrected chi connectivity index (χ2v) is 4.22. The molecular formula is C13H11N5. The largest absolute Gasteiger partial charge is 0.341 e. The Bertz CT molecular complexity index is 772. The van der Waals surface area contributed by atoms with Gasteiger partial charge in [-0.1, -0.05) is 6.07 Å². The number of rotatable bonds is 1. The van der Waals surface area contributed by atoms with Crippen LogP contribution < -0.4 is 0 Å². The van der Waals surface area contributed by atoms with Gasteiger partial charge in [-0.3, -0.25) is 0 Å². The van der Waals surface area contributed by atoms with Gasteiger partial charge in [0, 0.05) is 12.6 Å². The van der Waals surface area contributed by atoms with Crippen molar-refractivity contribution in [3.63, 3.8) is 0 Å². The Balaban J connectivity index is 2.22. The number of nitrogens with one attached hydrogen (secondary N) is 1. The topological polar surface area (TPSA) is 70.3 Å². The number of aromatic amines is 1. The molecule has 0 aliphatic carbocycles. The Morgan fingerprint density at radius 2 is 2.22 bits per heavy atom. The summed E-state index contributed by atoms with van der Waals surface area (Å²) in [4.78, 5) is 11.6. The van der Waals surface area contributed by atoms with Gasteiger partial charge in [-0.2, -0.15) is 5.26 Å². The number of H-pyrrole nitrogens is 1. The lowest BCUT2D eigenvalue weighted by molar-refractivity contribution is 0.948. The summed E-state index contributed by atoms with van der Waals surface area (Å²) in [7, 11) is 1.95.